The van der Waals surface area contributed by atoms with Crippen LogP contribution in [0.3, 0.4) is 0 Å². The van der Waals surface area contributed by atoms with Crippen molar-refractivity contribution in [3.63, 3.8) is 0 Å². The Kier molecular flexibility index (Phi) is 14.3. The number of piperidine rings is 1. The van der Waals surface area contributed by atoms with Crippen molar-refractivity contribution in [3.8, 4) is 0 Å². The van der Waals surface area contributed by atoms with Gasteiger partial charge in [-0.25, -0.2) is 0 Å². The first-order chi connectivity index (χ1) is 10.7. The maximum atomic E-state index is 4.38. The molecule has 1 heterocycles. The lowest BCUT2D eigenvalue weighted by molar-refractivity contribution is 0.210. The predicted octanol–water partition coefficient (Wildman–Crippen LogP) is 3.72. The Balaban J connectivity index is 0.00000484. The molecule has 0 aromatic carbocycles. The van der Waals surface area contributed by atoms with Crippen molar-refractivity contribution in [2.75, 3.05) is 40.3 Å². The molecule has 23 heavy (non-hydrogen) atoms. The Morgan fingerprint density at radius 2 is 2.00 bits per heavy atom. The summed E-state index contributed by atoms with van der Waals surface area (Å²) in [5.74, 6) is 2.51. The van der Waals surface area contributed by atoms with Crippen LogP contribution in [0.5, 0.6) is 0 Å². The molecule has 1 fully saturated rings. The number of hydrogen-bond acceptors (Lipinski definition) is 2. The number of likely N-dealkylation sites (tertiary alicyclic amines) is 1. The summed E-state index contributed by atoms with van der Waals surface area (Å²) in [6.45, 7) is 9.11. The van der Waals surface area contributed by atoms with E-state index in [1.165, 1.54) is 58.0 Å². The van der Waals surface area contributed by atoms with Crippen molar-refractivity contribution >= 4 is 29.9 Å². The van der Waals surface area contributed by atoms with Crippen LogP contribution in [0, 0.1) is 11.8 Å². The predicted molar refractivity (Wildman–Crippen MR) is 113 cm³/mol. The number of nitrogens with zero attached hydrogens (tertiary/aromatic N) is 2. The molecular weight excluding hydrogens is 399 g/mol. The van der Waals surface area contributed by atoms with E-state index in [2.05, 4.69) is 41.4 Å². The standard InChI is InChI=1S/C18H38N4.HI/c1-5-7-10-16(9-6-2)13-20-18(19-3)21-14-17-11-8-12-22(4)15-17;/h16-17H,5-15H2,1-4H3,(H2,19,20,21);1H. The second-order valence-electron chi connectivity index (χ2n) is 6.90. The molecule has 0 bridgehead atoms. The van der Waals surface area contributed by atoms with E-state index < -0.39 is 0 Å². The normalized spacial score (nSPS) is 20.7. The van der Waals surface area contributed by atoms with Crippen molar-refractivity contribution in [2.24, 2.45) is 16.8 Å². The minimum absolute atomic E-state index is 0. The summed E-state index contributed by atoms with van der Waals surface area (Å²) in [6.07, 6.45) is 9.22. The summed E-state index contributed by atoms with van der Waals surface area (Å²) < 4.78 is 0. The molecule has 0 aliphatic carbocycles. The van der Waals surface area contributed by atoms with E-state index in [0.717, 1.165) is 30.9 Å². The van der Waals surface area contributed by atoms with E-state index in [1.807, 2.05) is 7.05 Å². The lowest BCUT2D eigenvalue weighted by Crippen LogP contribution is -2.44. The van der Waals surface area contributed by atoms with E-state index in [9.17, 15) is 0 Å². The van der Waals surface area contributed by atoms with Gasteiger partial charge >= 0.3 is 0 Å². The van der Waals surface area contributed by atoms with E-state index >= 15 is 0 Å². The minimum Gasteiger partial charge on any atom is -0.356 e. The Bertz CT molecular complexity index is 309. The van der Waals surface area contributed by atoms with E-state index in [-0.39, 0.29) is 24.0 Å². The van der Waals surface area contributed by atoms with Crippen LogP contribution in [0.25, 0.3) is 0 Å². The number of rotatable bonds is 9. The zero-order chi connectivity index (χ0) is 16.2. The molecule has 2 unspecified atom stereocenters. The van der Waals surface area contributed by atoms with Crippen LogP contribution >= 0.6 is 24.0 Å². The second kappa shape index (κ2) is 14.3. The maximum Gasteiger partial charge on any atom is 0.190 e. The molecule has 0 aromatic rings. The summed E-state index contributed by atoms with van der Waals surface area (Å²) in [5, 5.41) is 7.06. The molecule has 138 valence electrons. The van der Waals surface area contributed by atoms with Crippen LogP contribution in [0.15, 0.2) is 4.99 Å². The fourth-order valence-electron chi connectivity index (χ4n) is 3.39. The molecule has 0 aromatic heterocycles. The second-order valence-corrected chi connectivity index (χ2v) is 6.90. The third-order valence-electron chi connectivity index (χ3n) is 4.72. The number of unbranched alkanes of at least 4 members (excludes halogenated alkanes) is 1. The lowest BCUT2D eigenvalue weighted by atomic mass is 9.97. The molecule has 1 saturated heterocycles. The first-order valence-electron chi connectivity index (χ1n) is 9.32. The smallest absolute Gasteiger partial charge is 0.190 e. The Hall–Kier alpha value is -0.0400. The molecule has 0 spiro atoms. The van der Waals surface area contributed by atoms with E-state index in [1.54, 1.807) is 0 Å². The summed E-state index contributed by atoms with van der Waals surface area (Å²) in [5.41, 5.74) is 0. The van der Waals surface area contributed by atoms with Crippen molar-refractivity contribution in [3.05, 3.63) is 0 Å². The molecular formula is C18H39IN4. The number of nitrogens with one attached hydrogen (secondary N) is 2. The Morgan fingerprint density at radius 3 is 2.61 bits per heavy atom. The van der Waals surface area contributed by atoms with E-state index in [0.29, 0.717) is 0 Å². The van der Waals surface area contributed by atoms with Gasteiger partial charge in [0.25, 0.3) is 0 Å². The molecule has 2 N–H and O–H groups in total. The van der Waals surface area contributed by atoms with Gasteiger partial charge in [0.2, 0.25) is 0 Å². The fourth-order valence-corrected chi connectivity index (χ4v) is 3.39. The molecule has 1 rings (SSSR count). The third-order valence-corrected chi connectivity index (χ3v) is 4.72. The van der Waals surface area contributed by atoms with Gasteiger partial charge in [0, 0.05) is 26.7 Å². The van der Waals surface area contributed by atoms with Crippen LogP contribution < -0.4 is 10.6 Å². The van der Waals surface area contributed by atoms with Gasteiger partial charge in [0.15, 0.2) is 5.96 Å². The molecule has 1 aliphatic rings. The third kappa shape index (κ3) is 10.4. The van der Waals surface area contributed by atoms with Crippen molar-refractivity contribution in [1.82, 2.24) is 15.5 Å². The Labute approximate surface area is 161 Å². The quantitative estimate of drug-likeness (QED) is 0.328. The average molecular weight is 438 g/mol. The van der Waals surface area contributed by atoms with Crippen molar-refractivity contribution in [2.45, 2.75) is 58.8 Å². The number of guanidine groups is 1. The van der Waals surface area contributed by atoms with Gasteiger partial charge in [-0.3, -0.25) is 4.99 Å². The highest BCUT2D eigenvalue weighted by atomic mass is 127. The molecule has 0 radical (unpaired) electrons. The lowest BCUT2D eigenvalue weighted by Gasteiger charge is -2.30. The zero-order valence-corrected chi connectivity index (χ0v) is 18.1. The van der Waals surface area contributed by atoms with Gasteiger partial charge in [-0.05, 0) is 51.1 Å². The number of halogens is 1. The molecule has 0 saturated carbocycles. The zero-order valence-electron chi connectivity index (χ0n) is 15.7. The van der Waals surface area contributed by atoms with Gasteiger partial charge in [-0.1, -0.05) is 33.1 Å². The van der Waals surface area contributed by atoms with Crippen LogP contribution in [0.2, 0.25) is 0 Å². The minimum atomic E-state index is 0. The first kappa shape index (κ1) is 23.0. The van der Waals surface area contributed by atoms with E-state index in [4.69, 9.17) is 0 Å². The molecule has 5 heteroatoms. The van der Waals surface area contributed by atoms with Gasteiger partial charge in [-0.15, -0.1) is 24.0 Å². The summed E-state index contributed by atoms with van der Waals surface area (Å²) in [7, 11) is 4.10. The number of hydrogen-bond donors (Lipinski definition) is 2. The van der Waals surface area contributed by atoms with Crippen LogP contribution in [-0.4, -0.2) is 51.1 Å². The van der Waals surface area contributed by atoms with Gasteiger partial charge in [-0.2, -0.15) is 0 Å². The Morgan fingerprint density at radius 1 is 1.22 bits per heavy atom. The van der Waals surface area contributed by atoms with Crippen LogP contribution in [0.4, 0.5) is 0 Å². The SMILES string of the molecule is CCCCC(CCC)CNC(=NC)NCC1CCCN(C)C1.I. The maximum absolute atomic E-state index is 4.38. The highest BCUT2D eigenvalue weighted by Gasteiger charge is 2.17. The summed E-state index contributed by atoms with van der Waals surface area (Å²) in [6, 6.07) is 0. The highest BCUT2D eigenvalue weighted by molar-refractivity contribution is 14.0. The first-order valence-corrected chi connectivity index (χ1v) is 9.32. The summed E-state index contributed by atoms with van der Waals surface area (Å²) in [4.78, 5) is 6.82. The monoisotopic (exact) mass is 438 g/mol. The molecule has 1 aliphatic heterocycles. The molecule has 0 amide bonds. The number of aliphatic imine (C=N–C) groups is 1. The van der Waals surface area contributed by atoms with Crippen molar-refractivity contribution in [1.29, 1.82) is 0 Å². The highest BCUT2D eigenvalue weighted by Crippen LogP contribution is 2.15. The van der Waals surface area contributed by atoms with Crippen LogP contribution in [-0.2, 0) is 0 Å². The van der Waals surface area contributed by atoms with Crippen LogP contribution in [0.1, 0.15) is 58.8 Å². The van der Waals surface area contributed by atoms with Gasteiger partial charge in [0.1, 0.15) is 0 Å². The molecule has 2 atom stereocenters. The molecule has 4 nitrogen and oxygen atoms in total. The van der Waals surface area contributed by atoms with Gasteiger partial charge < -0.3 is 15.5 Å². The topological polar surface area (TPSA) is 39.7 Å². The summed E-state index contributed by atoms with van der Waals surface area (Å²) >= 11 is 0. The average Bonchev–Trinajstić information content (AvgIpc) is 2.52. The largest absolute Gasteiger partial charge is 0.356 e. The fraction of sp³-hybridized carbons (Fsp3) is 0.944. The van der Waals surface area contributed by atoms with Crippen molar-refractivity contribution < 1.29 is 0 Å². The van der Waals surface area contributed by atoms with Gasteiger partial charge in [0.05, 0.1) is 0 Å².